The first-order chi connectivity index (χ1) is 12.9. The number of carbonyl (C=O) groups excluding carboxylic acids is 2. The van der Waals surface area contributed by atoms with Crippen LogP contribution in [0.25, 0.3) is 0 Å². The van der Waals surface area contributed by atoms with Crippen LogP contribution in [0.2, 0.25) is 0 Å². The second-order valence-electron chi connectivity index (χ2n) is 7.50. The molecule has 2 amide bonds. The van der Waals surface area contributed by atoms with Crippen LogP contribution in [0.1, 0.15) is 38.2 Å². The van der Waals surface area contributed by atoms with E-state index < -0.39 is 11.6 Å². The van der Waals surface area contributed by atoms with E-state index in [4.69, 9.17) is 4.74 Å². The highest BCUT2D eigenvalue weighted by atomic mass is 19.2. The molecule has 0 radical (unpaired) electrons. The fourth-order valence-corrected chi connectivity index (χ4v) is 4.01. The van der Waals surface area contributed by atoms with E-state index in [0.717, 1.165) is 25.0 Å². The van der Waals surface area contributed by atoms with E-state index in [9.17, 15) is 18.4 Å². The maximum absolute atomic E-state index is 13.4. The highest BCUT2D eigenvalue weighted by Gasteiger charge is 2.45. The fraction of sp³-hybridized carbons (Fsp3) is 0.600. The normalized spacial score (nSPS) is 19.1. The summed E-state index contributed by atoms with van der Waals surface area (Å²) in [5.41, 5.74) is 0.467. The van der Waals surface area contributed by atoms with E-state index in [0.29, 0.717) is 51.3 Å². The average Bonchev–Trinajstić information content (AvgIpc) is 2.94. The summed E-state index contributed by atoms with van der Waals surface area (Å²) in [6.45, 7) is 5.14. The molecule has 3 rings (SSSR count). The average molecular weight is 380 g/mol. The molecule has 1 spiro atoms. The predicted octanol–water partition coefficient (Wildman–Crippen LogP) is 2.73. The van der Waals surface area contributed by atoms with Crippen molar-refractivity contribution >= 4 is 11.8 Å². The Hall–Kier alpha value is -2.02. The van der Waals surface area contributed by atoms with Crippen LogP contribution < -0.4 is 0 Å². The smallest absolute Gasteiger partial charge is 0.224 e. The summed E-state index contributed by atoms with van der Waals surface area (Å²) in [4.78, 5) is 28.2. The highest BCUT2D eigenvalue weighted by Crippen LogP contribution is 2.41. The van der Waals surface area contributed by atoms with Crippen LogP contribution in [-0.4, -0.2) is 54.5 Å². The van der Waals surface area contributed by atoms with Crippen LogP contribution in [0.3, 0.4) is 0 Å². The van der Waals surface area contributed by atoms with Crippen molar-refractivity contribution < 1.29 is 23.1 Å². The number of halogens is 2. The van der Waals surface area contributed by atoms with Gasteiger partial charge >= 0.3 is 0 Å². The first-order valence-corrected chi connectivity index (χ1v) is 9.50. The van der Waals surface area contributed by atoms with Gasteiger partial charge in [-0.25, -0.2) is 8.78 Å². The highest BCUT2D eigenvalue weighted by molar-refractivity contribution is 5.80. The molecule has 0 aromatic heterocycles. The van der Waals surface area contributed by atoms with Gasteiger partial charge in [0.25, 0.3) is 0 Å². The van der Waals surface area contributed by atoms with Crippen molar-refractivity contribution in [3.05, 3.63) is 35.4 Å². The molecule has 5 nitrogen and oxygen atoms in total. The Labute approximate surface area is 158 Å². The Morgan fingerprint density at radius 1 is 1.22 bits per heavy atom. The largest absolute Gasteiger partial charge is 0.381 e. The van der Waals surface area contributed by atoms with Crippen LogP contribution in [0.4, 0.5) is 8.78 Å². The molecule has 7 heteroatoms. The lowest BCUT2D eigenvalue weighted by atomic mass is 9.77. The molecule has 0 atom stereocenters. The van der Waals surface area contributed by atoms with E-state index in [2.05, 4.69) is 0 Å². The molecule has 0 bridgehead atoms. The van der Waals surface area contributed by atoms with E-state index >= 15 is 0 Å². The van der Waals surface area contributed by atoms with Crippen molar-refractivity contribution in [1.82, 2.24) is 9.80 Å². The summed E-state index contributed by atoms with van der Waals surface area (Å²) < 4.78 is 31.7. The van der Waals surface area contributed by atoms with Crippen LogP contribution in [0.15, 0.2) is 18.2 Å². The lowest BCUT2D eigenvalue weighted by Crippen LogP contribution is -2.44. The maximum Gasteiger partial charge on any atom is 0.224 e. The Morgan fingerprint density at radius 3 is 2.63 bits per heavy atom. The fourth-order valence-electron chi connectivity index (χ4n) is 4.01. The minimum atomic E-state index is -0.896. The molecule has 0 aliphatic carbocycles. The van der Waals surface area contributed by atoms with Gasteiger partial charge in [0.1, 0.15) is 0 Å². The zero-order chi connectivity index (χ0) is 19.4. The van der Waals surface area contributed by atoms with E-state index in [1.165, 1.54) is 6.07 Å². The first kappa shape index (κ1) is 19.7. The van der Waals surface area contributed by atoms with Crippen molar-refractivity contribution in [2.45, 2.75) is 39.2 Å². The van der Waals surface area contributed by atoms with Crippen LogP contribution >= 0.6 is 0 Å². The number of hydrogen-bond acceptors (Lipinski definition) is 3. The lowest BCUT2D eigenvalue weighted by molar-refractivity contribution is -0.134. The third-order valence-corrected chi connectivity index (χ3v) is 5.60. The summed E-state index contributed by atoms with van der Waals surface area (Å²) in [7, 11) is 0. The number of nitrogens with zero attached hydrogens (tertiary/aromatic N) is 2. The third-order valence-electron chi connectivity index (χ3n) is 5.60. The monoisotopic (exact) mass is 380 g/mol. The molecule has 0 N–H and O–H groups in total. The molecule has 2 aliphatic rings. The molecule has 2 aliphatic heterocycles. The molecular formula is C20H26F2N2O3. The number of ether oxygens (including phenoxy) is 1. The van der Waals surface area contributed by atoms with Gasteiger partial charge in [-0.05, 0) is 37.5 Å². The SMILES string of the molecule is CCOCCC(=O)N1CCC2(CC1)CC(=O)N(Cc1ccc(F)c(F)c1)C2. The maximum atomic E-state index is 13.4. The summed E-state index contributed by atoms with van der Waals surface area (Å²) in [5.74, 6) is -1.64. The molecule has 0 saturated carbocycles. The third kappa shape index (κ3) is 4.64. The summed E-state index contributed by atoms with van der Waals surface area (Å²) in [5, 5.41) is 0. The van der Waals surface area contributed by atoms with E-state index in [-0.39, 0.29) is 23.8 Å². The van der Waals surface area contributed by atoms with E-state index in [1.54, 1.807) is 4.90 Å². The molecule has 2 fully saturated rings. The van der Waals surface area contributed by atoms with Gasteiger partial charge in [-0.3, -0.25) is 9.59 Å². The van der Waals surface area contributed by atoms with Gasteiger partial charge in [-0.1, -0.05) is 6.07 Å². The van der Waals surface area contributed by atoms with Gasteiger partial charge in [0.2, 0.25) is 11.8 Å². The molecule has 0 unspecified atom stereocenters. The number of rotatable bonds is 6. The van der Waals surface area contributed by atoms with Crippen molar-refractivity contribution in [2.75, 3.05) is 32.8 Å². The van der Waals surface area contributed by atoms with Crippen molar-refractivity contribution in [3.63, 3.8) is 0 Å². The lowest BCUT2D eigenvalue weighted by Gasteiger charge is -2.38. The number of likely N-dealkylation sites (tertiary alicyclic amines) is 2. The molecule has 2 saturated heterocycles. The zero-order valence-corrected chi connectivity index (χ0v) is 15.7. The number of amides is 2. The van der Waals surface area contributed by atoms with Gasteiger partial charge < -0.3 is 14.5 Å². The summed E-state index contributed by atoms with van der Waals surface area (Å²) in [6, 6.07) is 3.75. The zero-order valence-electron chi connectivity index (χ0n) is 15.7. The van der Waals surface area contributed by atoms with Gasteiger partial charge in [-0.15, -0.1) is 0 Å². The van der Waals surface area contributed by atoms with E-state index in [1.807, 2.05) is 11.8 Å². The number of hydrogen-bond donors (Lipinski definition) is 0. The van der Waals surface area contributed by atoms with Gasteiger partial charge in [0.15, 0.2) is 11.6 Å². The molecule has 148 valence electrons. The molecule has 2 heterocycles. The number of carbonyl (C=O) groups is 2. The standard InChI is InChI=1S/C20H26F2N2O3/c1-2-27-10-5-18(25)23-8-6-20(7-9-23)12-19(26)24(14-20)13-15-3-4-16(21)17(22)11-15/h3-4,11H,2,5-10,12-14H2,1H3. The number of benzene rings is 1. The van der Waals surface area contributed by atoms with Crippen molar-refractivity contribution in [1.29, 1.82) is 0 Å². The Kier molecular flexibility index (Phi) is 6.09. The van der Waals surface area contributed by atoms with Crippen LogP contribution in [0, 0.1) is 17.0 Å². The van der Waals surface area contributed by atoms with Crippen molar-refractivity contribution in [2.24, 2.45) is 5.41 Å². The Balaban J connectivity index is 1.54. The number of piperidine rings is 1. The summed E-state index contributed by atoms with van der Waals surface area (Å²) in [6.07, 6.45) is 2.42. The first-order valence-electron chi connectivity index (χ1n) is 9.50. The summed E-state index contributed by atoms with van der Waals surface area (Å²) >= 11 is 0. The van der Waals surface area contributed by atoms with Gasteiger partial charge in [0, 0.05) is 44.6 Å². The molecular weight excluding hydrogens is 354 g/mol. The molecule has 27 heavy (non-hydrogen) atoms. The topological polar surface area (TPSA) is 49.9 Å². The van der Waals surface area contributed by atoms with Crippen molar-refractivity contribution in [3.8, 4) is 0 Å². The molecule has 1 aromatic rings. The van der Waals surface area contributed by atoms with Gasteiger partial charge in [-0.2, -0.15) is 0 Å². The Morgan fingerprint density at radius 2 is 1.96 bits per heavy atom. The second-order valence-corrected chi connectivity index (χ2v) is 7.50. The molecule has 1 aromatic carbocycles. The minimum Gasteiger partial charge on any atom is -0.381 e. The second kappa shape index (κ2) is 8.33. The minimum absolute atomic E-state index is 0.0378. The predicted molar refractivity (Wildman–Crippen MR) is 95.7 cm³/mol. The quantitative estimate of drug-likeness (QED) is 0.713. The van der Waals surface area contributed by atoms with Crippen LogP contribution in [0.5, 0.6) is 0 Å². The van der Waals surface area contributed by atoms with Crippen LogP contribution in [-0.2, 0) is 20.9 Å². The van der Waals surface area contributed by atoms with Gasteiger partial charge in [0.05, 0.1) is 13.0 Å². The Bertz CT molecular complexity index is 702.